The third-order valence-corrected chi connectivity index (χ3v) is 5.69. The van der Waals surface area contributed by atoms with Gasteiger partial charge in [0.25, 0.3) is 5.91 Å². The minimum atomic E-state index is -0.518. The first kappa shape index (κ1) is 18.4. The van der Waals surface area contributed by atoms with Crippen LogP contribution in [0.3, 0.4) is 0 Å². The van der Waals surface area contributed by atoms with Crippen LogP contribution in [-0.2, 0) is 11.4 Å². The lowest BCUT2D eigenvalue weighted by Crippen LogP contribution is -2.56. The number of ether oxygens (including phenoxy) is 1. The number of hydrogen-bond donors (Lipinski definition) is 0. The van der Waals surface area contributed by atoms with Crippen molar-refractivity contribution >= 4 is 33.4 Å². The first-order valence-electron chi connectivity index (χ1n) is 8.92. The van der Waals surface area contributed by atoms with Crippen LogP contribution < -0.4 is 4.74 Å². The van der Waals surface area contributed by atoms with Gasteiger partial charge in [0, 0.05) is 26.2 Å². The molecule has 4 rings (SSSR count). The molecule has 0 unspecified atom stereocenters. The SMILES string of the molecule is Cc1nc2cc(OCc3nc(C(=O)N4CCN(C)C(=O)[C@H]4C)co3)ccc2s1. The van der Waals surface area contributed by atoms with E-state index >= 15 is 0 Å². The van der Waals surface area contributed by atoms with Gasteiger partial charge in [0.05, 0.1) is 15.2 Å². The maximum absolute atomic E-state index is 12.7. The minimum Gasteiger partial charge on any atom is -0.484 e. The van der Waals surface area contributed by atoms with Crippen molar-refractivity contribution in [2.75, 3.05) is 20.1 Å². The molecule has 8 nitrogen and oxygen atoms in total. The van der Waals surface area contributed by atoms with Crippen molar-refractivity contribution in [3.63, 3.8) is 0 Å². The van der Waals surface area contributed by atoms with Gasteiger partial charge in [0.15, 0.2) is 12.3 Å². The van der Waals surface area contributed by atoms with Crippen molar-refractivity contribution in [2.45, 2.75) is 26.5 Å². The van der Waals surface area contributed by atoms with Gasteiger partial charge in [-0.25, -0.2) is 9.97 Å². The molecule has 0 radical (unpaired) electrons. The average Bonchev–Trinajstić information content (AvgIpc) is 3.29. The van der Waals surface area contributed by atoms with E-state index in [1.54, 1.807) is 30.2 Å². The monoisotopic (exact) mass is 400 g/mol. The third kappa shape index (κ3) is 3.45. The summed E-state index contributed by atoms with van der Waals surface area (Å²) in [6.07, 6.45) is 1.31. The van der Waals surface area contributed by atoms with Crippen LogP contribution in [-0.4, -0.2) is 57.8 Å². The second-order valence-corrected chi connectivity index (χ2v) is 7.95. The molecule has 1 aliphatic rings. The zero-order valence-corrected chi connectivity index (χ0v) is 16.7. The number of thiazole rings is 1. The number of fused-ring (bicyclic) bond motifs is 1. The fourth-order valence-corrected chi connectivity index (χ4v) is 3.98. The molecular formula is C19H20N4O4S. The van der Waals surface area contributed by atoms with E-state index in [0.29, 0.717) is 24.7 Å². The van der Waals surface area contributed by atoms with Crippen molar-refractivity contribution < 1.29 is 18.7 Å². The van der Waals surface area contributed by atoms with Crippen molar-refractivity contribution in [1.29, 1.82) is 0 Å². The number of benzene rings is 1. The number of amides is 2. The van der Waals surface area contributed by atoms with E-state index in [2.05, 4.69) is 9.97 Å². The van der Waals surface area contributed by atoms with Gasteiger partial charge in [0.2, 0.25) is 11.8 Å². The second kappa shape index (κ2) is 7.23. The molecule has 0 N–H and O–H groups in total. The zero-order chi connectivity index (χ0) is 19.8. The molecule has 1 atom stereocenters. The Morgan fingerprint density at radius 2 is 2.18 bits per heavy atom. The van der Waals surface area contributed by atoms with E-state index in [0.717, 1.165) is 15.2 Å². The number of carbonyl (C=O) groups excluding carboxylic acids is 2. The number of hydrogen-bond acceptors (Lipinski definition) is 7. The lowest BCUT2D eigenvalue weighted by atomic mass is 10.1. The number of aryl methyl sites for hydroxylation is 1. The summed E-state index contributed by atoms with van der Waals surface area (Å²) in [4.78, 5) is 36.6. The van der Waals surface area contributed by atoms with Crippen molar-refractivity contribution in [1.82, 2.24) is 19.8 Å². The van der Waals surface area contributed by atoms with Crippen molar-refractivity contribution in [3.8, 4) is 5.75 Å². The van der Waals surface area contributed by atoms with Crippen LogP contribution in [0.1, 0.15) is 28.3 Å². The Kier molecular flexibility index (Phi) is 4.76. The molecule has 0 aliphatic carbocycles. The molecule has 2 amide bonds. The fraction of sp³-hybridized carbons (Fsp3) is 0.368. The molecule has 1 saturated heterocycles. The van der Waals surface area contributed by atoms with E-state index in [4.69, 9.17) is 9.15 Å². The predicted molar refractivity (Wildman–Crippen MR) is 103 cm³/mol. The Morgan fingerprint density at radius 3 is 3.00 bits per heavy atom. The number of oxazole rings is 1. The van der Waals surface area contributed by atoms with Crippen LogP contribution >= 0.6 is 11.3 Å². The molecule has 146 valence electrons. The lowest BCUT2D eigenvalue weighted by Gasteiger charge is -2.36. The van der Waals surface area contributed by atoms with Crippen molar-refractivity contribution in [3.05, 3.63) is 41.1 Å². The molecule has 1 aromatic carbocycles. The molecule has 9 heteroatoms. The maximum Gasteiger partial charge on any atom is 0.276 e. The molecule has 3 heterocycles. The molecule has 1 aliphatic heterocycles. The molecule has 28 heavy (non-hydrogen) atoms. The Hall–Kier alpha value is -2.94. The number of aromatic nitrogens is 2. The summed E-state index contributed by atoms with van der Waals surface area (Å²) in [6, 6.07) is 5.18. The quantitative estimate of drug-likeness (QED) is 0.668. The van der Waals surface area contributed by atoms with Gasteiger partial charge in [-0.1, -0.05) is 0 Å². The summed E-state index contributed by atoms with van der Waals surface area (Å²) in [6.45, 7) is 4.75. The zero-order valence-electron chi connectivity index (χ0n) is 15.8. The highest BCUT2D eigenvalue weighted by Gasteiger charge is 2.34. The Labute approximate surface area is 165 Å². The molecule has 3 aromatic rings. The number of carbonyl (C=O) groups is 2. The number of nitrogens with zero attached hydrogens (tertiary/aromatic N) is 4. The Balaban J connectivity index is 1.42. The molecule has 0 saturated carbocycles. The third-order valence-electron chi connectivity index (χ3n) is 4.74. The highest BCUT2D eigenvalue weighted by molar-refractivity contribution is 7.18. The van der Waals surface area contributed by atoms with Gasteiger partial charge in [-0.2, -0.15) is 0 Å². The normalized spacial score (nSPS) is 17.4. The summed E-state index contributed by atoms with van der Waals surface area (Å²) in [7, 11) is 1.73. The number of piperazine rings is 1. The molecule has 0 bridgehead atoms. The van der Waals surface area contributed by atoms with Crippen LogP contribution in [0.15, 0.2) is 28.9 Å². The van der Waals surface area contributed by atoms with Gasteiger partial charge in [-0.3, -0.25) is 9.59 Å². The van der Waals surface area contributed by atoms with Gasteiger partial charge >= 0.3 is 0 Å². The minimum absolute atomic E-state index is 0.0840. The smallest absolute Gasteiger partial charge is 0.276 e. The largest absolute Gasteiger partial charge is 0.484 e. The van der Waals surface area contributed by atoms with Crippen LogP contribution in [0.25, 0.3) is 10.2 Å². The highest BCUT2D eigenvalue weighted by atomic mass is 32.1. The van der Waals surface area contributed by atoms with E-state index in [-0.39, 0.29) is 24.1 Å². The Bertz CT molecular complexity index is 1040. The van der Waals surface area contributed by atoms with Crippen LogP contribution in [0.4, 0.5) is 0 Å². The molecule has 2 aromatic heterocycles. The maximum atomic E-state index is 12.7. The van der Waals surface area contributed by atoms with Gasteiger partial charge in [0.1, 0.15) is 18.1 Å². The Morgan fingerprint density at radius 1 is 1.36 bits per heavy atom. The van der Waals surface area contributed by atoms with Crippen molar-refractivity contribution in [2.24, 2.45) is 0 Å². The summed E-state index contributed by atoms with van der Waals surface area (Å²) >= 11 is 1.63. The molecular weight excluding hydrogens is 380 g/mol. The molecule has 1 fully saturated rings. The van der Waals surface area contributed by atoms with Gasteiger partial charge in [-0.15, -0.1) is 11.3 Å². The lowest BCUT2D eigenvalue weighted by molar-refractivity contribution is -0.137. The molecule has 0 spiro atoms. The topological polar surface area (TPSA) is 88.8 Å². The van der Waals surface area contributed by atoms with E-state index in [1.807, 2.05) is 25.1 Å². The second-order valence-electron chi connectivity index (χ2n) is 6.71. The summed E-state index contributed by atoms with van der Waals surface area (Å²) in [5, 5.41) is 1.000. The first-order chi connectivity index (χ1) is 13.4. The standard InChI is InChI=1S/C19H20N4O4S/c1-11-18(24)22(3)6-7-23(11)19(25)15-9-27-17(21-15)10-26-13-4-5-16-14(8-13)20-12(2)28-16/h4-5,8-9,11H,6-7,10H2,1-3H3/t11-/m1/s1. The van der Waals surface area contributed by atoms with Crippen LogP contribution in [0.5, 0.6) is 5.75 Å². The van der Waals surface area contributed by atoms with Crippen LogP contribution in [0, 0.1) is 6.92 Å². The van der Waals surface area contributed by atoms with Crippen LogP contribution in [0.2, 0.25) is 0 Å². The average molecular weight is 400 g/mol. The van der Waals surface area contributed by atoms with Gasteiger partial charge < -0.3 is 19.0 Å². The fourth-order valence-electron chi connectivity index (χ4n) is 3.17. The van der Waals surface area contributed by atoms with E-state index in [9.17, 15) is 9.59 Å². The number of likely N-dealkylation sites (N-methyl/N-ethyl adjacent to an activating group) is 1. The van der Waals surface area contributed by atoms with E-state index < -0.39 is 6.04 Å². The summed E-state index contributed by atoms with van der Waals surface area (Å²) in [5.41, 5.74) is 1.06. The highest BCUT2D eigenvalue weighted by Crippen LogP contribution is 2.26. The van der Waals surface area contributed by atoms with Gasteiger partial charge in [-0.05, 0) is 26.0 Å². The summed E-state index contributed by atoms with van der Waals surface area (Å²) < 4.78 is 12.2. The first-order valence-corrected chi connectivity index (χ1v) is 9.74. The predicted octanol–water partition coefficient (Wildman–Crippen LogP) is 2.47. The summed E-state index contributed by atoms with van der Waals surface area (Å²) in [5.74, 6) is 0.552. The van der Waals surface area contributed by atoms with E-state index in [1.165, 1.54) is 11.2 Å². The number of rotatable bonds is 4.